The molecule has 0 aromatic carbocycles. The summed E-state index contributed by atoms with van der Waals surface area (Å²) < 4.78 is 5.40. The number of aliphatic hydroxyl groups excluding tert-OH is 4. The highest BCUT2D eigenvalue weighted by Crippen LogP contribution is 2.54. The minimum Gasteiger partial charge on any atom is -0.508 e. The molecule has 0 saturated carbocycles. The lowest BCUT2D eigenvalue weighted by molar-refractivity contribution is -0.167. The van der Waals surface area contributed by atoms with E-state index >= 15 is 0 Å². The van der Waals surface area contributed by atoms with Gasteiger partial charge in [0.15, 0.2) is 17.2 Å². The van der Waals surface area contributed by atoms with Crippen LogP contribution in [-0.4, -0.2) is 129 Å². The second-order valence-corrected chi connectivity index (χ2v) is 12.1. The molecular formula is C29H38N4O10. The number of rotatable bonds is 5. The molecule has 4 aliphatic carbocycles. The maximum Gasteiger partial charge on any atom is 0.255 e. The molecule has 0 bridgehead atoms. The van der Waals surface area contributed by atoms with Gasteiger partial charge in [-0.2, -0.15) is 0 Å². The smallest absolute Gasteiger partial charge is 0.255 e. The number of carbonyl (C=O) groups is 4. The summed E-state index contributed by atoms with van der Waals surface area (Å²) in [4.78, 5) is 55.6. The lowest BCUT2D eigenvalue weighted by Gasteiger charge is -2.54. The van der Waals surface area contributed by atoms with Crippen LogP contribution in [0.5, 0.6) is 0 Å². The van der Waals surface area contributed by atoms with Gasteiger partial charge in [-0.1, -0.05) is 6.92 Å². The molecule has 7 atom stereocenters. The van der Waals surface area contributed by atoms with Crippen molar-refractivity contribution in [1.82, 2.24) is 15.1 Å². The summed E-state index contributed by atoms with van der Waals surface area (Å²) in [6, 6.07) is -1.37. The molecular weight excluding hydrogens is 564 g/mol. The molecule has 234 valence electrons. The first kappa shape index (κ1) is 31.0. The first-order chi connectivity index (χ1) is 20.1. The maximum atomic E-state index is 14.0. The fourth-order valence-corrected chi connectivity index (χ4v) is 7.35. The van der Waals surface area contributed by atoms with E-state index in [1.165, 1.54) is 19.0 Å². The van der Waals surface area contributed by atoms with Crippen LogP contribution in [0.25, 0.3) is 0 Å². The van der Waals surface area contributed by atoms with Crippen molar-refractivity contribution in [2.24, 2.45) is 17.6 Å². The van der Waals surface area contributed by atoms with Crippen molar-refractivity contribution in [3.8, 4) is 0 Å². The highest BCUT2D eigenvalue weighted by molar-refractivity contribution is 6.22. The van der Waals surface area contributed by atoms with Gasteiger partial charge in [-0.25, -0.2) is 0 Å². The molecule has 0 radical (unpaired) electrons. The minimum atomic E-state index is -2.85. The summed E-state index contributed by atoms with van der Waals surface area (Å²) >= 11 is 0. The Labute approximate surface area is 247 Å². The van der Waals surface area contributed by atoms with Gasteiger partial charge in [0.2, 0.25) is 5.91 Å². The standard InChI is InChI=1S/C29H38N4O10/c1-11-10-43-8-7-33(11)9-15(34)31-14-6-5-13-12(2)16-18(23(36)17(13)22(14)35)26(39)29(42)20(24(16)37)21(32(3)4)25(38)19(27(29)40)28(30)41/h11-12,20-21,24,26,35,37,39-40,42H,5-10H2,1-4H3,(H2,30,41)(H,31,34)/t11?,12?,20?,21-,24?,26?,29-/m0/s1. The fourth-order valence-electron chi connectivity index (χ4n) is 7.35. The molecule has 5 rings (SSSR count). The van der Waals surface area contributed by atoms with E-state index in [-0.39, 0.29) is 42.3 Å². The van der Waals surface area contributed by atoms with Crippen LogP contribution in [0.15, 0.2) is 45.1 Å². The van der Waals surface area contributed by atoms with E-state index in [1.807, 2.05) is 11.8 Å². The summed E-state index contributed by atoms with van der Waals surface area (Å²) in [6.45, 7) is 5.17. The molecule has 5 unspecified atom stereocenters. The number of Topliss-reactive ketones (excluding diaryl/α,β-unsaturated/α-hetero) is 2. The van der Waals surface area contributed by atoms with Crippen molar-refractivity contribution < 1.29 is 49.4 Å². The quantitative estimate of drug-likeness (QED) is 0.171. The SMILES string of the molecule is CC1C2=C(C(=O)C3=C1C(O)C1[C@H](N(C)C)C(=O)C(C(N)=O)=C(O)[C@@]1(O)C3O)C(O)=C(NC(=O)CN1CCOCC1C)CC2. The lowest BCUT2D eigenvalue weighted by atomic mass is 9.56. The lowest BCUT2D eigenvalue weighted by Crippen LogP contribution is -2.70. The third-order valence-electron chi connectivity index (χ3n) is 9.53. The number of carbonyl (C=O) groups excluding carboxylic acids is 4. The van der Waals surface area contributed by atoms with Crippen LogP contribution >= 0.6 is 0 Å². The van der Waals surface area contributed by atoms with Crippen molar-refractivity contribution in [2.75, 3.05) is 40.4 Å². The zero-order valence-electron chi connectivity index (χ0n) is 24.5. The summed E-state index contributed by atoms with van der Waals surface area (Å²) in [5.74, 6) is -7.64. The number of ether oxygens (including phenoxy) is 1. The number of ketones is 2. The number of hydrogen-bond donors (Lipinski definition) is 7. The maximum absolute atomic E-state index is 14.0. The first-order valence-corrected chi connectivity index (χ1v) is 14.2. The summed E-state index contributed by atoms with van der Waals surface area (Å²) in [5, 5.41) is 60.1. The minimum absolute atomic E-state index is 0.0189. The second-order valence-electron chi connectivity index (χ2n) is 12.1. The highest BCUT2D eigenvalue weighted by Gasteiger charge is 2.66. The Morgan fingerprint density at radius 1 is 1.16 bits per heavy atom. The van der Waals surface area contributed by atoms with Gasteiger partial charge in [-0.05, 0) is 45.0 Å². The molecule has 1 fully saturated rings. The van der Waals surface area contributed by atoms with Gasteiger partial charge in [0.25, 0.3) is 5.91 Å². The van der Waals surface area contributed by atoms with Crippen molar-refractivity contribution in [2.45, 2.75) is 56.6 Å². The number of allylic oxidation sites excluding steroid dienone is 3. The highest BCUT2D eigenvalue weighted by atomic mass is 16.5. The molecule has 43 heavy (non-hydrogen) atoms. The van der Waals surface area contributed by atoms with Gasteiger partial charge < -0.3 is 41.3 Å². The molecule has 2 amide bonds. The van der Waals surface area contributed by atoms with Crippen molar-refractivity contribution >= 4 is 23.4 Å². The molecule has 0 aromatic heterocycles. The van der Waals surface area contributed by atoms with Crippen molar-refractivity contribution in [3.63, 3.8) is 0 Å². The summed E-state index contributed by atoms with van der Waals surface area (Å²) in [7, 11) is 2.92. The number of morpholine rings is 1. The second kappa shape index (κ2) is 10.9. The Morgan fingerprint density at radius 2 is 1.84 bits per heavy atom. The summed E-state index contributed by atoms with van der Waals surface area (Å²) in [6.07, 6.45) is -3.50. The molecule has 8 N–H and O–H groups in total. The number of fused-ring (bicyclic) bond motifs is 1. The molecule has 14 heteroatoms. The van der Waals surface area contributed by atoms with E-state index in [9.17, 15) is 44.7 Å². The number of primary amides is 1. The first-order valence-electron chi connectivity index (χ1n) is 14.2. The molecule has 14 nitrogen and oxygen atoms in total. The normalized spacial score (nSPS) is 35.3. The summed E-state index contributed by atoms with van der Waals surface area (Å²) in [5.41, 5.74) is 1.53. The number of nitrogens with one attached hydrogen (secondary N) is 1. The van der Waals surface area contributed by atoms with Gasteiger partial charge in [-0.15, -0.1) is 0 Å². The number of amides is 2. The number of nitrogens with zero attached hydrogens (tertiary/aromatic N) is 2. The van der Waals surface area contributed by atoms with Crippen LogP contribution in [-0.2, 0) is 23.9 Å². The van der Waals surface area contributed by atoms with Crippen LogP contribution in [0, 0.1) is 11.8 Å². The van der Waals surface area contributed by atoms with E-state index in [0.717, 1.165) is 0 Å². The fraction of sp³-hybridized carbons (Fsp3) is 0.586. The predicted molar refractivity (Wildman–Crippen MR) is 149 cm³/mol. The van der Waals surface area contributed by atoms with Crippen LogP contribution in [0.3, 0.4) is 0 Å². The average Bonchev–Trinajstić information content (AvgIpc) is 2.93. The van der Waals surface area contributed by atoms with Crippen LogP contribution in [0.2, 0.25) is 0 Å². The molecule has 0 aromatic rings. The Hall–Kier alpha value is -3.40. The third-order valence-corrected chi connectivity index (χ3v) is 9.53. The molecule has 1 saturated heterocycles. The van der Waals surface area contributed by atoms with Crippen LogP contribution in [0.4, 0.5) is 0 Å². The zero-order valence-corrected chi connectivity index (χ0v) is 24.5. The largest absolute Gasteiger partial charge is 0.508 e. The van der Waals surface area contributed by atoms with Crippen molar-refractivity contribution in [1.29, 1.82) is 0 Å². The molecule has 1 heterocycles. The number of hydrogen-bond acceptors (Lipinski definition) is 12. The average molecular weight is 603 g/mol. The van der Waals surface area contributed by atoms with E-state index in [2.05, 4.69) is 5.32 Å². The van der Waals surface area contributed by atoms with Gasteiger partial charge in [-0.3, -0.25) is 29.0 Å². The van der Waals surface area contributed by atoms with E-state index in [4.69, 9.17) is 10.5 Å². The monoisotopic (exact) mass is 602 g/mol. The topological polar surface area (TPSA) is 223 Å². The zero-order chi connectivity index (χ0) is 31.7. The van der Waals surface area contributed by atoms with E-state index in [0.29, 0.717) is 25.3 Å². The molecule has 1 aliphatic heterocycles. The van der Waals surface area contributed by atoms with Crippen LogP contribution < -0.4 is 11.1 Å². The third kappa shape index (κ3) is 4.55. The number of nitrogens with two attached hydrogens (primary N) is 1. The van der Waals surface area contributed by atoms with E-state index < -0.39 is 81.7 Å². The number of aliphatic hydroxyl groups is 5. The van der Waals surface area contributed by atoms with Gasteiger partial charge >= 0.3 is 0 Å². The molecule has 5 aliphatic rings. The predicted octanol–water partition coefficient (Wildman–Crippen LogP) is -1.91. The van der Waals surface area contributed by atoms with Crippen molar-refractivity contribution in [3.05, 3.63) is 45.1 Å². The Balaban J connectivity index is 1.54. The van der Waals surface area contributed by atoms with E-state index in [1.54, 1.807) is 6.92 Å². The van der Waals surface area contributed by atoms with Gasteiger partial charge in [0, 0.05) is 24.1 Å². The Bertz CT molecular complexity index is 1430. The van der Waals surface area contributed by atoms with Gasteiger partial charge in [0.05, 0.1) is 49.1 Å². The molecule has 0 spiro atoms. The van der Waals surface area contributed by atoms with Gasteiger partial charge in [0.1, 0.15) is 23.2 Å². The number of likely N-dealkylation sites (N-methyl/N-ethyl adjacent to an activating group) is 1. The Kier molecular flexibility index (Phi) is 7.90. The van der Waals surface area contributed by atoms with Crippen LogP contribution in [0.1, 0.15) is 26.7 Å². The Morgan fingerprint density at radius 3 is 2.44 bits per heavy atom.